The molecule has 0 heterocycles. The van der Waals surface area contributed by atoms with E-state index in [0.29, 0.717) is 24.4 Å². The van der Waals surface area contributed by atoms with Crippen molar-refractivity contribution in [2.75, 3.05) is 31.7 Å². The Morgan fingerprint density at radius 1 is 1.47 bits per heavy atom. The number of nitrogens with zero attached hydrogens (tertiary/aromatic N) is 1. The van der Waals surface area contributed by atoms with E-state index in [1.54, 1.807) is 19.1 Å². The molecule has 1 atom stereocenters. The fraction of sp³-hybridized carbons (Fsp3) is 0.600. The van der Waals surface area contributed by atoms with Gasteiger partial charge < -0.3 is 14.7 Å². The smallest absolute Gasteiger partial charge is 0.146 e. The molecule has 0 aliphatic heterocycles. The molecule has 0 radical (unpaired) electrons. The van der Waals surface area contributed by atoms with Gasteiger partial charge in [0.25, 0.3) is 0 Å². The molecule has 19 heavy (non-hydrogen) atoms. The van der Waals surface area contributed by atoms with Crippen molar-refractivity contribution in [1.82, 2.24) is 0 Å². The quantitative estimate of drug-likeness (QED) is 0.771. The minimum absolute atomic E-state index is 0.303. The van der Waals surface area contributed by atoms with E-state index in [9.17, 15) is 9.50 Å². The highest BCUT2D eigenvalue weighted by molar-refractivity contribution is 5.48. The van der Waals surface area contributed by atoms with Crippen LogP contribution in [0.2, 0.25) is 0 Å². The SMILES string of the molecule is C[C@H](O)c1ccc(N(C)CCOCC2CC2)c(F)c1. The molecule has 106 valence electrons. The fourth-order valence-electron chi connectivity index (χ4n) is 1.95. The van der Waals surface area contributed by atoms with Gasteiger partial charge >= 0.3 is 0 Å². The largest absolute Gasteiger partial charge is 0.389 e. The number of hydrogen-bond acceptors (Lipinski definition) is 3. The van der Waals surface area contributed by atoms with Crippen molar-refractivity contribution in [3.63, 3.8) is 0 Å². The third-order valence-electron chi connectivity index (χ3n) is 3.49. The molecular formula is C15H22FNO2. The molecule has 4 heteroatoms. The summed E-state index contributed by atoms with van der Waals surface area (Å²) in [5.41, 5.74) is 1.14. The molecule has 0 amide bonds. The molecule has 0 saturated heterocycles. The second-order valence-corrected chi connectivity index (χ2v) is 5.33. The van der Waals surface area contributed by atoms with Gasteiger partial charge in [-0.05, 0) is 43.4 Å². The van der Waals surface area contributed by atoms with Gasteiger partial charge in [0, 0.05) is 20.2 Å². The maximum Gasteiger partial charge on any atom is 0.146 e. The van der Waals surface area contributed by atoms with Crippen LogP contribution >= 0.6 is 0 Å². The Labute approximate surface area is 114 Å². The second kappa shape index (κ2) is 6.35. The average molecular weight is 267 g/mol. The number of rotatable bonds is 7. The van der Waals surface area contributed by atoms with Crippen LogP contribution in [-0.4, -0.2) is 31.9 Å². The van der Waals surface area contributed by atoms with Gasteiger partial charge in [-0.3, -0.25) is 0 Å². The molecule has 0 bridgehead atoms. The summed E-state index contributed by atoms with van der Waals surface area (Å²) in [7, 11) is 1.85. The maximum absolute atomic E-state index is 13.9. The van der Waals surface area contributed by atoms with Crippen LogP contribution in [0.4, 0.5) is 10.1 Å². The Morgan fingerprint density at radius 3 is 2.79 bits per heavy atom. The summed E-state index contributed by atoms with van der Waals surface area (Å²) in [6, 6.07) is 4.85. The van der Waals surface area contributed by atoms with Crippen LogP contribution in [0.3, 0.4) is 0 Å². The Kier molecular flexibility index (Phi) is 4.77. The number of hydrogen-bond donors (Lipinski definition) is 1. The summed E-state index contributed by atoms with van der Waals surface area (Å²) in [5, 5.41) is 9.41. The standard InChI is InChI=1S/C15H22FNO2/c1-11(18)13-5-6-15(14(16)9-13)17(2)7-8-19-10-12-3-4-12/h5-6,9,11-12,18H,3-4,7-8,10H2,1-2H3/t11-/m0/s1. The highest BCUT2D eigenvalue weighted by Gasteiger charge is 2.21. The summed E-state index contributed by atoms with van der Waals surface area (Å²) in [5.74, 6) is 0.454. The van der Waals surface area contributed by atoms with Crippen molar-refractivity contribution in [2.24, 2.45) is 5.92 Å². The van der Waals surface area contributed by atoms with Crippen LogP contribution < -0.4 is 4.90 Å². The van der Waals surface area contributed by atoms with Crippen molar-refractivity contribution < 1.29 is 14.2 Å². The van der Waals surface area contributed by atoms with Gasteiger partial charge in [0.2, 0.25) is 0 Å². The summed E-state index contributed by atoms with van der Waals surface area (Å²) < 4.78 is 19.5. The first-order valence-corrected chi connectivity index (χ1v) is 6.84. The predicted octanol–water partition coefficient (Wildman–Crippen LogP) is 2.74. The van der Waals surface area contributed by atoms with Gasteiger partial charge in [-0.2, -0.15) is 0 Å². The topological polar surface area (TPSA) is 32.7 Å². The molecule has 1 aliphatic rings. The first-order chi connectivity index (χ1) is 9.08. The highest BCUT2D eigenvalue weighted by atomic mass is 19.1. The molecule has 2 rings (SSSR count). The molecule has 1 aromatic rings. The van der Waals surface area contributed by atoms with Crippen molar-refractivity contribution in [2.45, 2.75) is 25.9 Å². The number of likely N-dealkylation sites (N-methyl/N-ethyl adjacent to an activating group) is 1. The van der Waals surface area contributed by atoms with Crippen LogP contribution in [0.15, 0.2) is 18.2 Å². The van der Waals surface area contributed by atoms with Gasteiger partial charge in [-0.1, -0.05) is 6.07 Å². The predicted molar refractivity (Wildman–Crippen MR) is 73.8 cm³/mol. The molecule has 1 aromatic carbocycles. The summed E-state index contributed by atoms with van der Waals surface area (Å²) in [6.07, 6.45) is 1.92. The van der Waals surface area contributed by atoms with Crippen LogP contribution in [-0.2, 0) is 4.74 Å². The number of ether oxygens (including phenoxy) is 1. The van der Waals surface area contributed by atoms with E-state index in [0.717, 1.165) is 12.5 Å². The van der Waals surface area contributed by atoms with Crippen LogP contribution in [0, 0.1) is 11.7 Å². The Hall–Kier alpha value is -1.13. The molecular weight excluding hydrogens is 245 g/mol. The number of benzene rings is 1. The lowest BCUT2D eigenvalue weighted by atomic mass is 10.1. The third-order valence-corrected chi connectivity index (χ3v) is 3.49. The van der Waals surface area contributed by atoms with Gasteiger partial charge in [-0.15, -0.1) is 0 Å². The Morgan fingerprint density at radius 2 is 2.21 bits per heavy atom. The number of aliphatic hydroxyl groups is 1. The third kappa shape index (κ3) is 4.18. The molecule has 1 aliphatic carbocycles. The highest BCUT2D eigenvalue weighted by Crippen LogP contribution is 2.28. The lowest BCUT2D eigenvalue weighted by Crippen LogP contribution is -2.24. The van der Waals surface area contributed by atoms with E-state index < -0.39 is 6.10 Å². The molecule has 3 nitrogen and oxygen atoms in total. The fourth-order valence-corrected chi connectivity index (χ4v) is 1.95. The van der Waals surface area contributed by atoms with Gasteiger partial charge in [-0.25, -0.2) is 4.39 Å². The van der Waals surface area contributed by atoms with E-state index in [1.165, 1.54) is 18.9 Å². The normalized spacial score (nSPS) is 16.4. The number of halogens is 1. The van der Waals surface area contributed by atoms with E-state index in [1.807, 2.05) is 11.9 Å². The molecule has 0 unspecified atom stereocenters. The number of anilines is 1. The van der Waals surface area contributed by atoms with Gasteiger partial charge in [0.1, 0.15) is 5.82 Å². The zero-order valence-electron chi connectivity index (χ0n) is 11.6. The lowest BCUT2D eigenvalue weighted by Gasteiger charge is -2.20. The first-order valence-electron chi connectivity index (χ1n) is 6.84. The molecule has 0 aromatic heterocycles. The zero-order valence-corrected chi connectivity index (χ0v) is 11.6. The maximum atomic E-state index is 13.9. The lowest BCUT2D eigenvalue weighted by molar-refractivity contribution is 0.131. The Balaban J connectivity index is 1.84. The summed E-state index contributed by atoms with van der Waals surface area (Å²) >= 11 is 0. The van der Waals surface area contributed by atoms with Crippen LogP contribution in [0.1, 0.15) is 31.4 Å². The minimum atomic E-state index is -0.643. The van der Waals surface area contributed by atoms with Crippen LogP contribution in [0.5, 0.6) is 0 Å². The summed E-state index contributed by atoms with van der Waals surface area (Å²) in [4.78, 5) is 1.84. The molecule has 1 N–H and O–H groups in total. The van der Waals surface area contributed by atoms with Crippen LogP contribution in [0.25, 0.3) is 0 Å². The van der Waals surface area contributed by atoms with Gasteiger partial charge in [0.15, 0.2) is 0 Å². The van der Waals surface area contributed by atoms with E-state index in [4.69, 9.17) is 4.74 Å². The molecule has 0 spiro atoms. The Bertz CT molecular complexity index is 419. The van der Waals surface area contributed by atoms with Gasteiger partial charge in [0.05, 0.1) is 18.4 Å². The monoisotopic (exact) mass is 267 g/mol. The number of aliphatic hydroxyl groups excluding tert-OH is 1. The first kappa shape index (κ1) is 14.3. The van der Waals surface area contributed by atoms with Crippen molar-refractivity contribution in [3.05, 3.63) is 29.6 Å². The van der Waals surface area contributed by atoms with E-state index in [-0.39, 0.29) is 5.82 Å². The van der Waals surface area contributed by atoms with Crippen molar-refractivity contribution >= 4 is 5.69 Å². The second-order valence-electron chi connectivity index (χ2n) is 5.33. The van der Waals surface area contributed by atoms with Crippen molar-refractivity contribution in [1.29, 1.82) is 0 Å². The average Bonchev–Trinajstić information content (AvgIpc) is 3.18. The molecule has 1 fully saturated rings. The van der Waals surface area contributed by atoms with E-state index in [2.05, 4.69) is 0 Å². The van der Waals surface area contributed by atoms with Crippen molar-refractivity contribution in [3.8, 4) is 0 Å². The molecule has 1 saturated carbocycles. The summed E-state index contributed by atoms with van der Waals surface area (Å²) in [6.45, 7) is 3.74. The minimum Gasteiger partial charge on any atom is -0.389 e. The zero-order chi connectivity index (χ0) is 13.8. The van der Waals surface area contributed by atoms with E-state index >= 15 is 0 Å².